The molecule has 0 aliphatic carbocycles. The fourth-order valence-corrected chi connectivity index (χ4v) is 4.07. The van der Waals surface area contributed by atoms with E-state index in [0.717, 1.165) is 45.0 Å². The molecule has 0 aliphatic heterocycles. The molecule has 0 N–H and O–H groups in total. The van der Waals surface area contributed by atoms with Gasteiger partial charge in [0.15, 0.2) is 6.10 Å². The number of hydrogen-bond acceptors (Lipinski definition) is 4. The summed E-state index contributed by atoms with van der Waals surface area (Å²) in [6.45, 7) is 12.2. The third kappa shape index (κ3) is 4.63. The van der Waals surface area contributed by atoms with Crippen LogP contribution in [0.2, 0.25) is 0 Å². The molecule has 1 heterocycles. The summed E-state index contributed by atoms with van der Waals surface area (Å²) in [6, 6.07) is 5.99. The van der Waals surface area contributed by atoms with Crippen LogP contribution < -0.4 is 0 Å². The first kappa shape index (κ1) is 20.8. The molecule has 1 atom stereocenters. The van der Waals surface area contributed by atoms with Crippen molar-refractivity contribution in [3.8, 4) is 0 Å². The van der Waals surface area contributed by atoms with Crippen LogP contribution in [-0.2, 0) is 14.3 Å². The minimum absolute atomic E-state index is 0.317. The first-order valence-corrected chi connectivity index (χ1v) is 9.90. The fraction of sp³-hybridized carbons (Fsp3) is 0.524. The Labute approximate surface area is 164 Å². The van der Waals surface area contributed by atoms with Crippen molar-refractivity contribution in [2.75, 3.05) is 6.61 Å². The second kappa shape index (κ2) is 8.49. The van der Waals surface area contributed by atoms with E-state index in [4.69, 9.17) is 9.47 Å². The number of aromatic nitrogens is 1. The van der Waals surface area contributed by atoms with Crippen LogP contribution in [0.5, 0.6) is 0 Å². The summed E-state index contributed by atoms with van der Waals surface area (Å²) in [4.78, 5) is 17.3. The molecule has 142 valence electrons. The van der Waals surface area contributed by atoms with Crippen LogP contribution in [0, 0.1) is 13.8 Å². The summed E-state index contributed by atoms with van der Waals surface area (Å²) in [5.74, 6) is -0.361. The summed E-state index contributed by atoms with van der Waals surface area (Å²) < 4.78 is 12.4. The minimum atomic E-state index is -0.781. The average molecular weight is 422 g/mol. The van der Waals surface area contributed by atoms with E-state index in [0.29, 0.717) is 6.61 Å². The fourth-order valence-electron chi connectivity index (χ4n) is 3.22. The zero-order valence-electron chi connectivity index (χ0n) is 16.5. The number of esters is 1. The van der Waals surface area contributed by atoms with E-state index in [1.165, 1.54) is 0 Å². The SMILES string of the molecule is CCCC(C)(C)OC(C(=O)OCC)c1c(C)cc2nc(C)ccc2c1Br. The van der Waals surface area contributed by atoms with Crippen LogP contribution in [0.1, 0.15) is 63.5 Å². The van der Waals surface area contributed by atoms with Crippen molar-refractivity contribution in [3.05, 3.63) is 39.5 Å². The lowest BCUT2D eigenvalue weighted by molar-refractivity contribution is -0.169. The van der Waals surface area contributed by atoms with E-state index < -0.39 is 11.7 Å². The van der Waals surface area contributed by atoms with Gasteiger partial charge >= 0.3 is 5.97 Å². The highest BCUT2D eigenvalue weighted by atomic mass is 79.9. The molecule has 0 spiro atoms. The molecule has 2 rings (SSSR count). The van der Waals surface area contributed by atoms with E-state index >= 15 is 0 Å². The van der Waals surface area contributed by atoms with Gasteiger partial charge in [-0.1, -0.05) is 13.3 Å². The Balaban J connectivity index is 2.60. The number of ether oxygens (including phenoxy) is 2. The Morgan fingerprint density at radius 2 is 1.96 bits per heavy atom. The molecule has 0 fully saturated rings. The number of aryl methyl sites for hydroxylation is 2. The molecule has 0 bridgehead atoms. The monoisotopic (exact) mass is 421 g/mol. The van der Waals surface area contributed by atoms with Crippen molar-refractivity contribution in [3.63, 3.8) is 0 Å². The van der Waals surface area contributed by atoms with Gasteiger partial charge in [-0.25, -0.2) is 4.79 Å². The van der Waals surface area contributed by atoms with Gasteiger partial charge in [0.2, 0.25) is 0 Å². The lowest BCUT2D eigenvalue weighted by Crippen LogP contribution is -2.32. The average Bonchev–Trinajstić information content (AvgIpc) is 2.53. The third-order valence-corrected chi connectivity index (χ3v) is 5.22. The zero-order chi connectivity index (χ0) is 19.5. The van der Waals surface area contributed by atoms with Gasteiger partial charge in [0.1, 0.15) is 0 Å². The Kier molecular flexibility index (Phi) is 6.80. The number of benzene rings is 1. The summed E-state index contributed by atoms with van der Waals surface area (Å²) >= 11 is 3.70. The van der Waals surface area contributed by atoms with Crippen LogP contribution in [-0.4, -0.2) is 23.2 Å². The van der Waals surface area contributed by atoms with Crippen LogP contribution in [0.4, 0.5) is 0 Å². The van der Waals surface area contributed by atoms with Crippen molar-refractivity contribution in [1.82, 2.24) is 4.98 Å². The van der Waals surface area contributed by atoms with Crippen molar-refractivity contribution in [2.24, 2.45) is 0 Å². The molecular weight excluding hydrogens is 394 g/mol. The number of carbonyl (C=O) groups is 1. The lowest BCUT2D eigenvalue weighted by atomic mass is 9.97. The van der Waals surface area contributed by atoms with Gasteiger partial charge in [-0.15, -0.1) is 0 Å². The maximum Gasteiger partial charge on any atom is 0.340 e. The number of fused-ring (bicyclic) bond motifs is 1. The highest BCUT2D eigenvalue weighted by molar-refractivity contribution is 9.10. The molecule has 2 aromatic rings. The van der Waals surface area contributed by atoms with E-state index in [9.17, 15) is 4.79 Å². The lowest BCUT2D eigenvalue weighted by Gasteiger charge is -2.31. The predicted octanol–water partition coefficient (Wildman–Crippen LogP) is 5.81. The number of halogens is 1. The largest absolute Gasteiger partial charge is 0.464 e. The molecule has 1 aromatic heterocycles. The van der Waals surface area contributed by atoms with Crippen LogP contribution in [0.15, 0.2) is 22.7 Å². The van der Waals surface area contributed by atoms with E-state index in [-0.39, 0.29) is 5.97 Å². The minimum Gasteiger partial charge on any atom is -0.464 e. The third-order valence-electron chi connectivity index (χ3n) is 4.37. The van der Waals surface area contributed by atoms with Gasteiger partial charge < -0.3 is 9.47 Å². The number of rotatable bonds is 7. The Morgan fingerprint density at radius 1 is 1.27 bits per heavy atom. The molecule has 0 amide bonds. The number of hydrogen-bond donors (Lipinski definition) is 0. The van der Waals surface area contributed by atoms with Gasteiger partial charge in [0.05, 0.1) is 17.7 Å². The normalized spacial score (nSPS) is 13.0. The highest BCUT2D eigenvalue weighted by Crippen LogP contribution is 2.38. The second-order valence-corrected chi connectivity index (χ2v) is 7.99. The van der Waals surface area contributed by atoms with E-state index in [1.807, 2.05) is 45.9 Å². The van der Waals surface area contributed by atoms with Gasteiger partial charge in [-0.3, -0.25) is 4.98 Å². The highest BCUT2D eigenvalue weighted by Gasteiger charge is 2.33. The van der Waals surface area contributed by atoms with Crippen molar-refractivity contribution in [1.29, 1.82) is 0 Å². The molecule has 5 heteroatoms. The Bertz CT molecular complexity index is 801. The number of nitrogens with zero attached hydrogens (tertiary/aromatic N) is 1. The topological polar surface area (TPSA) is 48.4 Å². The number of pyridine rings is 1. The molecule has 4 nitrogen and oxygen atoms in total. The second-order valence-electron chi connectivity index (χ2n) is 7.20. The molecular formula is C21H28BrNO3. The molecule has 1 unspecified atom stereocenters. The molecule has 26 heavy (non-hydrogen) atoms. The van der Waals surface area contributed by atoms with Gasteiger partial charge in [-0.05, 0) is 80.7 Å². The van der Waals surface area contributed by atoms with Crippen LogP contribution in [0.3, 0.4) is 0 Å². The van der Waals surface area contributed by atoms with Gasteiger partial charge in [0.25, 0.3) is 0 Å². The molecule has 1 aromatic carbocycles. The van der Waals surface area contributed by atoms with Crippen molar-refractivity contribution < 1.29 is 14.3 Å². The smallest absolute Gasteiger partial charge is 0.340 e. The Hall–Kier alpha value is -1.46. The Morgan fingerprint density at radius 3 is 2.58 bits per heavy atom. The standard InChI is InChI=1S/C21H28BrNO3/c1-7-11-21(5,6)26-19(20(24)25-8-2)17-13(3)12-16-15(18(17)22)10-9-14(4)23-16/h9-10,12,19H,7-8,11H2,1-6H3. The van der Waals surface area contributed by atoms with Gasteiger partial charge in [0, 0.05) is 21.1 Å². The first-order chi connectivity index (χ1) is 12.2. The maximum atomic E-state index is 12.7. The summed E-state index contributed by atoms with van der Waals surface area (Å²) in [6.07, 6.45) is 1.05. The van der Waals surface area contributed by atoms with E-state index in [1.54, 1.807) is 6.92 Å². The van der Waals surface area contributed by atoms with Crippen LogP contribution in [0.25, 0.3) is 10.9 Å². The molecule has 0 saturated heterocycles. The van der Waals surface area contributed by atoms with Crippen molar-refractivity contribution >= 4 is 32.8 Å². The molecule has 0 radical (unpaired) electrons. The first-order valence-electron chi connectivity index (χ1n) is 9.11. The summed E-state index contributed by atoms with van der Waals surface area (Å²) in [5.41, 5.74) is 3.18. The maximum absolute atomic E-state index is 12.7. The number of carbonyl (C=O) groups excluding carboxylic acids is 1. The van der Waals surface area contributed by atoms with E-state index in [2.05, 4.69) is 27.8 Å². The summed E-state index contributed by atoms with van der Waals surface area (Å²) in [7, 11) is 0. The van der Waals surface area contributed by atoms with Gasteiger partial charge in [-0.2, -0.15) is 0 Å². The summed E-state index contributed by atoms with van der Waals surface area (Å²) in [5, 5.41) is 0.961. The quantitative estimate of drug-likeness (QED) is 0.528. The predicted molar refractivity (Wildman–Crippen MR) is 108 cm³/mol. The van der Waals surface area contributed by atoms with Crippen LogP contribution >= 0.6 is 15.9 Å². The molecule has 0 aliphatic rings. The van der Waals surface area contributed by atoms with Crippen molar-refractivity contribution in [2.45, 2.75) is 66.1 Å². The molecule has 0 saturated carbocycles. The zero-order valence-corrected chi connectivity index (χ0v) is 18.1.